The van der Waals surface area contributed by atoms with Crippen molar-refractivity contribution in [1.82, 2.24) is 5.32 Å². The lowest BCUT2D eigenvalue weighted by Crippen LogP contribution is -2.47. The molecule has 0 saturated carbocycles. The highest BCUT2D eigenvalue weighted by atomic mass is 16.5. The molecule has 2 aromatic carbocycles. The second-order valence-corrected chi connectivity index (χ2v) is 6.15. The minimum Gasteiger partial charge on any atom is -0.497 e. The quantitative estimate of drug-likeness (QED) is 0.795. The van der Waals surface area contributed by atoms with E-state index < -0.39 is 12.1 Å². The van der Waals surface area contributed by atoms with Gasteiger partial charge in [0.15, 0.2) is 0 Å². The summed E-state index contributed by atoms with van der Waals surface area (Å²) in [5, 5.41) is 5.42. The van der Waals surface area contributed by atoms with Crippen molar-refractivity contribution in [1.29, 1.82) is 0 Å². The summed E-state index contributed by atoms with van der Waals surface area (Å²) >= 11 is 0. The van der Waals surface area contributed by atoms with Crippen LogP contribution in [0.3, 0.4) is 0 Å². The molecule has 0 radical (unpaired) electrons. The number of carbonyl (C=O) groups is 2. The average molecular weight is 356 g/mol. The number of benzene rings is 2. The number of ether oxygens (including phenoxy) is 2. The van der Waals surface area contributed by atoms with Crippen molar-refractivity contribution in [2.75, 3.05) is 12.4 Å². The van der Waals surface area contributed by atoms with Crippen molar-refractivity contribution in [3.05, 3.63) is 60.2 Å². The molecule has 6 heteroatoms. The van der Waals surface area contributed by atoms with E-state index in [-0.39, 0.29) is 18.4 Å². The molecule has 0 aliphatic carbocycles. The number of hydrogen-bond donors (Lipinski definition) is 2. The highest BCUT2D eigenvalue weighted by Crippen LogP contribution is 2.16. The molecule has 0 bridgehead atoms. The number of amides is 2. The van der Waals surface area contributed by atoms with E-state index in [2.05, 4.69) is 10.6 Å². The Morgan fingerprint density at radius 1 is 1.00 bits per heavy atom. The van der Waals surface area contributed by atoms with Gasteiger partial charge in [0.25, 0.3) is 0 Å². The molecule has 0 aromatic heterocycles. The summed E-state index contributed by atoms with van der Waals surface area (Å²) in [5.74, 6) is 0.297. The van der Waals surface area contributed by atoms with Crippen molar-refractivity contribution in [2.24, 2.45) is 5.92 Å². The van der Waals surface area contributed by atoms with Gasteiger partial charge in [0.2, 0.25) is 5.91 Å². The Labute approximate surface area is 153 Å². The molecule has 1 unspecified atom stereocenters. The van der Waals surface area contributed by atoms with Gasteiger partial charge in [-0.3, -0.25) is 4.79 Å². The third-order valence-electron chi connectivity index (χ3n) is 3.79. The molecular formula is C20H24N2O4. The van der Waals surface area contributed by atoms with Gasteiger partial charge in [0.1, 0.15) is 18.4 Å². The van der Waals surface area contributed by atoms with E-state index >= 15 is 0 Å². The predicted octanol–water partition coefficient (Wildman–Crippen LogP) is 3.58. The summed E-state index contributed by atoms with van der Waals surface area (Å²) in [5.41, 5.74) is 1.51. The topological polar surface area (TPSA) is 76.7 Å². The maximum atomic E-state index is 12.5. The van der Waals surface area contributed by atoms with Crippen LogP contribution in [-0.4, -0.2) is 25.2 Å². The number of rotatable bonds is 7. The smallest absolute Gasteiger partial charge is 0.408 e. The Bertz CT molecular complexity index is 714. The normalized spacial score (nSPS) is 11.5. The molecule has 0 saturated heterocycles. The van der Waals surface area contributed by atoms with Crippen LogP contribution in [0.4, 0.5) is 10.5 Å². The molecule has 0 fully saturated rings. The maximum Gasteiger partial charge on any atom is 0.408 e. The highest BCUT2D eigenvalue weighted by Gasteiger charge is 2.25. The lowest BCUT2D eigenvalue weighted by atomic mass is 10.0. The van der Waals surface area contributed by atoms with Crippen molar-refractivity contribution in [3.63, 3.8) is 0 Å². The van der Waals surface area contributed by atoms with E-state index in [9.17, 15) is 9.59 Å². The van der Waals surface area contributed by atoms with E-state index in [0.29, 0.717) is 11.4 Å². The zero-order valence-corrected chi connectivity index (χ0v) is 15.2. The van der Waals surface area contributed by atoms with Crippen molar-refractivity contribution in [2.45, 2.75) is 26.5 Å². The van der Waals surface area contributed by atoms with Crippen LogP contribution in [-0.2, 0) is 16.1 Å². The average Bonchev–Trinajstić information content (AvgIpc) is 2.65. The van der Waals surface area contributed by atoms with Gasteiger partial charge in [-0.2, -0.15) is 0 Å². The lowest BCUT2D eigenvalue weighted by Gasteiger charge is -2.21. The molecule has 6 nitrogen and oxygen atoms in total. The first-order chi connectivity index (χ1) is 12.5. The Hall–Kier alpha value is -3.02. The number of carbonyl (C=O) groups excluding carboxylic acids is 2. The Kier molecular flexibility index (Phi) is 7.02. The van der Waals surface area contributed by atoms with E-state index in [4.69, 9.17) is 9.47 Å². The first-order valence-electron chi connectivity index (χ1n) is 8.41. The summed E-state index contributed by atoms with van der Waals surface area (Å²) in [6, 6.07) is 15.6. The number of methoxy groups -OCH3 is 1. The number of alkyl carbamates (subject to hydrolysis) is 1. The first-order valence-corrected chi connectivity index (χ1v) is 8.41. The first kappa shape index (κ1) is 19.3. The third kappa shape index (κ3) is 5.81. The monoisotopic (exact) mass is 356 g/mol. The molecular weight excluding hydrogens is 332 g/mol. The van der Waals surface area contributed by atoms with E-state index in [1.807, 2.05) is 44.2 Å². The van der Waals surface area contributed by atoms with Gasteiger partial charge in [0, 0.05) is 5.69 Å². The lowest BCUT2D eigenvalue weighted by molar-refractivity contribution is -0.119. The fourth-order valence-corrected chi connectivity index (χ4v) is 2.32. The molecule has 0 aliphatic heterocycles. The molecule has 2 amide bonds. The molecule has 1 atom stereocenters. The second kappa shape index (κ2) is 9.46. The van der Waals surface area contributed by atoms with Crippen LogP contribution in [0.1, 0.15) is 19.4 Å². The standard InChI is InChI=1S/C20H24N2O4/c1-14(2)18(19(23)21-16-9-11-17(25-3)12-10-16)22-20(24)26-13-15-7-5-4-6-8-15/h4-12,14,18H,13H2,1-3H3,(H,21,23)(H,22,24). The van der Waals surface area contributed by atoms with Crippen LogP contribution >= 0.6 is 0 Å². The largest absolute Gasteiger partial charge is 0.497 e. The summed E-state index contributed by atoms with van der Waals surface area (Å²) < 4.78 is 10.3. The Morgan fingerprint density at radius 3 is 2.23 bits per heavy atom. The van der Waals surface area contributed by atoms with Gasteiger partial charge >= 0.3 is 6.09 Å². The van der Waals surface area contributed by atoms with Crippen LogP contribution < -0.4 is 15.4 Å². The van der Waals surface area contributed by atoms with E-state index in [1.165, 1.54) is 0 Å². The Morgan fingerprint density at radius 2 is 1.65 bits per heavy atom. The predicted molar refractivity (Wildman–Crippen MR) is 100 cm³/mol. The van der Waals surface area contributed by atoms with Gasteiger partial charge in [0.05, 0.1) is 7.11 Å². The van der Waals surface area contributed by atoms with Crippen molar-refractivity contribution < 1.29 is 19.1 Å². The van der Waals surface area contributed by atoms with Crippen LogP contribution in [0, 0.1) is 5.92 Å². The molecule has 0 spiro atoms. The molecule has 26 heavy (non-hydrogen) atoms. The minimum atomic E-state index is -0.708. The van der Waals surface area contributed by atoms with Gasteiger partial charge in [-0.1, -0.05) is 44.2 Å². The molecule has 2 rings (SSSR count). The summed E-state index contributed by atoms with van der Waals surface area (Å²) in [6.07, 6.45) is -0.627. The van der Waals surface area contributed by atoms with Gasteiger partial charge in [-0.05, 0) is 35.7 Å². The van der Waals surface area contributed by atoms with Crippen molar-refractivity contribution in [3.8, 4) is 5.75 Å². The van der Waals surface area contributed by atoms with E-state index in [0.717, 1.165) is 5.56 Å². The molecule has 0 heterocycles. The van der Waals surface area contributed by atoms with Crippen LogP contribution in [0.25, 0.3) is 0 Å². The van der Waals surface area contributed by atoms with Gasteiger partial charge in [-0.25, -0.2) is 4.79 Å². The van der Waals surface area contributed by atoms with Gasteiger partial charge < -0.3 is 20.1 Å². The summed E-state index contributed by atoms with van der Waals surface area (Å²) in [6.45, 7) is 3.86. The fraction of sp³-hybridized carbons (Fsp3) is 0.300. The number of hydrogen-bond acceptors (Lipinski definition) is 4. The molecule has 138 valence electrons. The van der Waals surface area contributed by atoms with Crippen LogP contribution in [0.5, 0.6) is 5.75 Å². The summed E-state index contributed by atoms with van der Waals surface area (Å²) in [4.78, 5) is 24.5. The number of anilines is 1. The third-order valence-corrected chi connectivity index (χ3v) is 3.79. The summed E-state index contributed by atoms with van der Waals surface area (Å²) in [7, 11) is 1.58. The van der Waals surface area contributed by atoms with Gasteiger partial charge in [-0.15, -0.1) is 0 Å². The highest BCUT2D eigenvalue weighted by molar-refractivity contribution is 5.96. The number of nitrogens with one attached hydrogen (secondary N) is 2. The minimum absolute atomic E-state index is 0.0995. The Balaban J connectivity index is 1.91. The van der Waals surface area contributed by atoms with Crippen molar-refractivity contribution >= 4 is 17.7 Å². The molecule has 2 aromatic rings. The van der Waals surface area contributed by atoms with Crippen LogP contribution in [0.2, 0.25) is 0 Å². The fourth-order valence-electron chi connectivity index (χ4n) is 2.32. The molecule has 2 N–H and O–H groups in total. The van der Waals surface area contributed by atoms with E-state index in [1.54, 1.807) is 31.4 Å². The zero-order valence-electron chi connectivity index (χ0n) is 15.2. The second-order valence-electron chi connectivity index (χ2n) is 6.15. The van der Waals surface area contributed by atoms with Crippen LogP contribution in [0.15, 0.2) is 54.6 Å². The SMILES string of the molecule is COc1ccc(NC(=O)C(NC(=O)OCc2ccccc2)C(C)C)cc1. The zero-order chi connectivity index (χ0) is 18.9. The molecule has 0 aliphatic rings. The maximum absolute atomic E-state index is 12.5.